The minimum atomic E-state index is -1.39. The molecule has 0 N–H and O–H groups in total. The van der Waals surface area contributed by atoms with Crippen molar-refractivity contribution in [3.8, 4) is 22.9 Å². The van der Waals surface area contributed by atoms with Crippen molar-refractivity contribution in [3.05, 3.63) is 94.0 Å². The molecule has 3 aromatic rings. The minimum absolute atomic E-state index is 0.530. The van der Waals surface area contributed by atoms with Gasteiger partial charge in [0.05, 0.1) is 0 Å². The number of benzene rings is 3. The van der Waals surface area contributed by atoms with Crippen molar-refractivity contribution in [2.45, 2.75) is 66.2 Å². The van der Waals surface area contributed by atoms with Crippen molar-refractivity contribution < 1.29 is 0 Å². The smallest absolute Gasteiger partial charge is 0.127 e. The third-order valence-electron chi connectivity index (χ3n) is 5.54. The molecule has 0 saturated carbocycles. The van der Waals surface area contributed by atoms with Gasteiger partial charge in [-0.25, -0.2) is 0 Å². The van der Waals surface area contributed by atoms with Crippen LogP contribution in [0.5, 0.6) is 0 Å². The normalized spacial score (nSPS) is 12.3. The van der Waals surface area contributed by atoms with E-state index in [9.17, 15) is 0 Å². The highest BCUT2D eigenvalue weighted by Gasteiger charge is 2.19. The van der Waals surface area contributed by atoms with E-state index >= 15 is 0 Å². The van der Waals surface area contributed by atoms with Crippen LogP contribution in [0.15, 0.2) is 60.7 Å². The van der Waals surface area contributed by atoms with E-state index in [0.717, 1.165) is 17.3 Å². The average molecular weight is 511 g/mol. The molecule has 180 valence electrons. The third kappa shape index (κ3) is 8.37. The van der Waals surface area contributed by atoms with E-state index < -0.39 is 24.1 Å². The number of hydrogen-bond donors (Lipinski definition) is 0. The van der Waals surface area contributed by atoms with Crippen LogP contribution >= 0.6 is 7.92 Å². The van der Waals surface area contributed by atoms with Crippen LogP contribution in [-0.4, -0.2) is 16.1 Å². The highest BCUT2D eigenvalue weighted by molar-refractivity contribution is 7.72. The van der Waals surface area contributed by atoms with Crippen LogP contribution in [0.1, 0.15) is 33.4 Å². The quantitative estimate of drug-likeness (QED) is 0.192. The maximum atomic E-state index is 3.49. The summed E-state index contributed by atoms with van der Waals surface area (Å²) in [6.45, 7) is 20.5. The fourth-order valence-electron chi connectivity index (χ4n) is 4.02. The zero-order valence-electron chi connectivity index (χ0n) is 22.9. The lowest BCUT2D eigenvalue weighted by Crippen LogP contribution is -2.19. The molecule has 0 amide bonds. The first-order valence-electron chi connectivity index (χ1n) is 12.4. The lowest BCUT2D eigenvalue weighted by atomic mass is 10.1. The van der Waals surface area contributed by atoms with Gasteiger partial charge in [0.1, 0.15) is 16.1 Å². The molecule has 0 radical (unpaired) electrons. The van der Waals surface area contributed by atoms with Crippen molar-refractivity contribution in [3.63, 3.8) is 0 Å². The Bertz CT molecular complexity index is 1270. The average Bonchev–Trinajstić information content (AvgIpc) is 2.75. The molecule has 0 bridgehead atoms. The van der Waals surface area contributed by atoms with Gasteiger partial charge >= 0.3 is 0 Å². The van der Waals surface area contributed by atoms with E-state index in [1.54, 1.807) is 0 Å². The van der Waals surface area contributed by atoms with Crippen LogP contribution in [0, 0.1) is 43.7 Å². The van der Waals surface area contributed by atoms with Gasteiger partial charge in [-0.1, -0.05) is 93.1 Å². The van der Waals surface area contributed by atoms with E-state index in [2.05, 4.69) is 144 Å². The molecule has 0 aliphatic rings. The predicted octanol–water partition coefficient (Wildman–Crippen LogP) is 7.70. The Balaban J connectivity index is 1.99. The molecule has 0 aliphatic carbocycles. The topological polar surface area (TPSA) is 0 Å². The lowest BCUT2D eigenvalue weighted by Gasteiger charge is -2.24. The standard InChI is InChI=1S/C32H39PSi2/c1-25-22-26(2)32(27(3)23-25)33(31-16-14-29(15-17-31)19-21-35(7,8)9)24-30-12-10-28(11-13-30)18-20-34(4,5)6/h10-17,22-23H,24H2,1-9H3. The van der Waals surface area contributed by atoms with Crippen LogP contribution in [0.2, 0.25) is 39.3 Å². The second kappa shape index (κ2) is 11.1. The van der Waals surface area contributed by atoms with Gasteiger partial charge in [0, 0.05) is 17.3 Å². The van der Waals surface area contributed by atoms with E-state index in [0.29, 0.717) is 0 Å². The molecule has 1 atom stereocenters. The second-order valence-corrected chi connectivity index (χ2v) is 23.2. The van der Waals surface area contributed by atoms with Crippen molar-refractivity contribution in [1.82, 2.24) is 0 Å². The van der Waals surface area contributed by atoms with Gasteiger partial charge in [-0.05, 0) is 80.3 Å². The Kier molecular flexibility index (Phi) is 8.67. The van der Waals surface area contributed by atoms with Crippen LogP contribution < -0.4 is 10.6 Å². The van der Waals surface area contributed by atoms with Crippen LogP contribution in [0.3, 0.4) is 0 Å². The highest BCUT2D eigenvalue weighted by atomic mass is 31.1. The molecule has 3 aromatic carbocycles. The molecule has 0 aromatic heterocycles. The third-order valence-corrected chi connectivity index (χ3v) is 10.1. The van der Waals surface area contributed by atoms with E-state index in [4.69, 9.17) is 0 Å². The Morgan fingerprint density at radius 2 is 1.06 bits per heavy atom. The molecule has 0 aliphatic heterocycles. The molecule has 0 heterocycles. The van der Waals surface area contributed by atoms with Crippen LogP contribution in [0.4, 0.5) is 0 Å². The summed E-state index contributed by atoms with van der Waals surface area (Å²) >= 11 is 0. The van der Waals surface area contributed by atoms with E-state index in [-0.39, 0.29) is 0 Å². The zero-order valence-corrected chi connectivity index (χ0v) is 25.8. The molecule has 0 spiro atoms. The summed E-state index contributed by atoms with van der Waals surface area (Å²) in [6, 6.07) is 22.7. The summed E-state index contributed by atoms with van der Waals surface area (Å²) in [5.41, 5.74) is 14.7. The van der Waals surface area contributed by atoms with Crippen molar-refractivity contribution in [2.24, 2.45) is 0 Å². The summed E-state index contributed by atoms with van der Waals surface area (Å²) < 4.78 is 0. The Hall–Kier alpha value is -2.36. The van der Waals surface area contributed by atoms with Gasteiger partial charge in [-0.15, -0.1) is 11.1 Å². The Morgan fingerprint density at radius 1 is 0.629 bits per heavy atom. The summed E-state index contributed by atoms with van der Waals surface area (Å²) in [5.74, 6) is 6.80. The first kappa shape index (κ1) is 27.2. The Morgan fingerprint density at radius 3 is 1.49 bits per heavy atom. The molecule has 3 heteroatoms. The minimum Gasteiger partial charge on any atom is -0.127 e. The molecule has 0 fully saturated rings. The molecule has 35 heavy (non-hydrogen) atoms. The molecule has 3 rings (SSSR count). The molecular formula is C32H39PSi2. The summed E-state index contributed by atoms with van der Waals surface area (Å²) in [5, 5.41) is 2.92. The predicted molar refractivity (Wildman–Crippen MR) is 164 cm³/mol. The Labute approximate surface area is 217 Å². The molecule has 0 saturated heterocycles. The fourth-order valence-corrected chi connectivity index (χ4v) is 7.72. The maximum absolute atomic E-state index is 3.49. The van der Waals surface area contributed by atoms with Gasteiger partial charge in [0.25, 0.3) is 0 Å². The fraction of sp³-hybridized carbons (Fsp3) is 0.312. The SMILES string of the molecule is Cc1cc(C)c(P(Cc2ccc(C#C[Si](C)(C)C)cc2)c2ccc(C#C[Si](C)(C)C)cc2)c(C)c1. The molecule has 0 nitrogen and oxygen atoms in total. The van der Waals surface area contributed by atoms with Gasteiger partial charge in [-0.2, -0.15) is 0 Å². The van der Waals surface area contributed by atoms with E-state index in [1.807, 2.05) is 0 Å². The van der Waals surface area contributed by atoms with Crippen LogP contribution in [-0.2, 0) is 6.16 Å². The van der Waals surface area contributed by atoms with E-state index in [1.165, 1.54) is 32.9 Å². The largest absolute Gasteiger partial charge is 0.129 e. The van der Waals surface area contributed by atoms with Gasteiger partial charge in [-0.3, -0.25) is 0 Å². The monoisotopic (exact) mass is 510 g/mol. The zero-order chi connectivity index (χ0) is 25.8. The number of hydrogen-bond acceptors (Lipinski definition) is 0. The summed E-state index contributed by atoms with van der Waals surface area (Å²) in [4.78, 5) is 0. The second-order valence-electron chi connectivity index (χ2n) is 11.6. The first-order valence-corrected chi connectivity index (χ1v) is 20.9. The van der Waals surface area contributed by atoms with Crippen molar-refractivity contribution in [2.75, 3.05) is 0 Å². The summed E-state index contributed by atoms with van der Waals surface area (Å²) in [6.07, 6.45) is 1.03. The van der Waals surface area contributed by atoms with Gasteiger partial charge < -0.3 is 0 Å². The number of rotatable bonds is 4. The van der Waals surface area contributed by atoms with Crippen molar-refractivity contribution >= 4 is 34.7 Å². The van der Waals surface area contributed by atoms with Crippen LogP contribution in [0.25, 0.3) is 0 Å². The van der Waals surface area contributed by atoms with Gasteiger partial charge in [0.2, 0.25) is 0 Å². The maximum Gasteiger partial charge on any atom is 0.129 e. The molecule has 1 unspecified atom stereocenters. The lowest BCUT2D eigenvalue weighted by molar-refractivity contribution is 1.34. The van der Waals surface area contributed by atoms with Gasteiger partial charge in [0.15, 0.2) is 0 Å². The summed E-state index contributed by atoms with van der Waals surface area (Å²) in [7, 11) is -3.29. The number of aryl methyl sites for hydroxylation is 3. The first-order chi connectivity index (χ1) is 16.3. The highest BCUT2D eigenvalue weighted by Crippen LogP contribution is 2.40. The molecular weight excluding hydrogens is 471 g/mol. The van der Waals surface area contributed by atoms with Crippen molar-refractivity contribution in [1.29, 1.82) is 0 Å².